The highest BCUT2D eigenvalue weighted by Crippen LogP contribution is 2.27. The zero-order valence-electron chi connectivity index (χ0n) is 11.0. The van der Waals surface area contributed by atoms with Gasteiger partial charge in [0.1, 0.15) is 11.3 Å². The minimum atomic E-state index is -1.02. The number of H-pyrrole nitrogens is 1. The molecule has 1 saturated heterocycles. The number of rotatable bonds is 1. The number of aromatic nitrogens is 2. The third kappa shape index (κ3) is 2.37. The predicted octanol–water partition coefficient (Wildman–Crippen LogP) is 2.44. The molecule has 3 rings (SSSR count). The second-order valence-electron chi connectivity index (χ2n) is 5.11. The van der Waals surface area contributed by atoms with Crippen molar-refractivity contribution in [2.75, 3.05) is 13.1 Å². The van der Waals surface area contributed by atoms with E-state index in [0.717, 1.165) is 6.07 Å². The Labute approximate surface area is 123 Å². The van der Waals surface area contributed by atoms with Gasteiger partial charge in [-0.1, -0.05) is 11.6 Å². The molecule has 1 aliphatic rings. The first-order valence-electron chi connectivity index (χ1n) is 6.54. The number of carbonyl (C=O) groups is 1. The summed E-state index contributed by atoms with van der Waals surface area (Å²) in [7, 11) is 0. The van der Waals surface area contributed by atoms with E-state index in [4.69, 9.17) is 16.7 Å². The molecule has 1 amide bonds. The Morgan fingerprint density at radius 2 is 2.24 bits per heavy atom. The quantitative estimate of drug-likeness (QED) is 0.848. The maximum Gasteiger partial charge on any atom is 0.407 e. The van der Waals surface area contributed by atoms with Crippen LogP contribution < -0.4 is 5.69 Å². The summed E-state index contributed by atoms with van der Waals surface area (Å²) in [5.74, 6) is -0.598. The summed E-state index contributed by atoms with van der Waals surface area (Å²) in [5, 5.41) is 9.27. The summed E-state index contributed by atoms with van der Waals surface area (Å²) >= 11 is 5.85. The molecule has 1 atom stereocenters. The summed E-state index contributed by atoms with van der Waals surface area (Å²) < 4.78 is 15.2. The van der Waals surface area contributed by atoms with Crippen molar-refractivity contribution in [1.29, 1.82) is 0 Å². The molecule has 8 heteroatoms. The van der Waals surface area contributed by atoms with Crippen LogP contribution in [0.15, 0.2) is 16.9 Å². The topological polar surface area (TPSA) is 78.3 Å². The van der Waals surface area contributed by atoms with Crippen LogP contribution in [0.5, 0.6) is 0 Å². The number of aromatic amines is 1. The van der Waals surface area contributed by atoms with Crippen molar-refractivity contribution < 1.29 is 14.3 Å². The number of nitrogens with one attached hydrogen (secondary N) is 1. The third-order valence-electron chi connectivity index (χ3n) is 3.78. The molecule has 0 saturated carbocycles. The van der Waals surface area contributed by atoms with Crippen molar-refractivity contribution in [3.63, 3.8) is 0 Å². The molecule has 1 fully saturated rings. The van der Waals surface area contributed by atoms with E-state index in [9.17, 15) is 14.0 Å². The Balaban J connectivity index is 2.10. The molecule has 112 valence electrons. The largest absolute Gasteiger partial charge is 0.465 e. The van der Waals surface area contributed by atoms with Gasteiger partial charge in [-0.3, -0.25) is 4.57 Å². The van der Waals surface area contributed by atoms with Gasteiger partial charge in [-0.25, -0.2) is 14.0 Å². The lowest BCUT2D eigenvalue weighted by Gasteiger charge is -2.31. The standard InChI is InChI=1S/C13H13ClFN3O3/c14-7-4-9(15)11-10(5-7)18(12(19)16-11)8-2-1-3-17(6-8)13(20)21/h4-5,8H,1-3,6H2,(H,16,19)(H,20,21). The monoisotopic (exact) mass is 313 g/mol. The maximum absolute atomic E-state index is 13.8. The zero-order valence-corrected chi connectivity index (χ0v) is 11.7. The van der Waals surface area contributed by atoms with Gasteiger partial charge in [0.15, 0.2) is 0 Å². The zero-order chi connectivity index (χ0) is 15.1. The Hall–Kier alpha value is -2.02. The highest BCUT2D eigenvalue weighted by molar-refractivity contribution is 6.31. The molecule has 1 aromatic carbocycles. The van der Waals surface area contributed by atoms with Crippen LogP contribution in [0.1, 0.15) is 18.9 Å². The summed E-state index contributed by atoms with van der Waals surface area (Å²) in [6.07, 6.45) is 0.293. The number of benzene rings is 1. The van der Waals surface area contributed by atoms with E-state index in [2.05, 4.69) is 4.98 Å². The minimum Gasteiger partial charge on any atom is -0.465 e. The number of hydrogen-bond donors (Lipinski definition) is 2. The molecule has 1 unspecified atom stereocenters. The van der Waals surface area contributed by atoms with Gasteiger partial charge < -0.3 is 15.0 Å². The first kappa shape index (κ1) is 13.9. The fourth-order valence-corrected chi connectivity index (χ4v) is 3.05. The van der Waals surface area contributed by atoms with Crippen LogP contribution in [-0.4, -0.2) is 38.7 Å². The van der Waals surface area contributed by atoms with Gasteiger partial charge in [0.2, 0.25) is 0 Å². The SMILES string of the molecule is O=C(O)N1CCCC(n2c(=O)[nH]c3c(F)cc(Cl)cc32)C1. The lowest BCUT2D eigenvalue weighted by molar-refractivity contribution is 0.121. The van der Waals surface area contributed by atoms with E-state index in [1.165, 1.54) is 15.5 Å². The molecule has 0 bridgehead atoms. The van der Waals surface area contributed by atoms with E-state index in [1.807, 2.05) is 0 Å². The summed E-state index contributed by atoms with van der Waals surface area (Å²) in [6.45, 7) is 0.647. The average molecular weight is 314 g/mol. The number of piperidine rings is 1. The molecule has 0 spiro atoms. The van der Waals surface area contributed by atoms with Crippen LogP contribution in [0.3, 0.4) is 0 Å². The number of carboxylic acid groups (broad SMARTS) is 1. The van der Waals surface area contributed by atoms with Crippen molar-refractivity contribution in [2.24, 2.45) is 0 Å². The molecular weight excluding hydrogens is 301 g/mol. The maximum atomic E-state index is 13.8. The predicted molar refractivity (Wildman–Crippen MR) is 75.4 cm³/mol. The van der Waals surface area contributed by atoms with Gasteiger partial charge in [0.25, 0.3) is 0 Å². The van der Waals surface area contributed by atoms with Crippen molar-refractivity contribution in [3.8, 4) is 0 Å². The smallest absolute Gasteiger partial charge is 0.407 e. The van der Waals surface area contributed by atoms with Gasteiger partial charge in [0, 0.05) is 18.1 Å². The van der Waals surface area contributed by atoms with Crippen molar-refractivity contribution in [3.05, 3.63) is 33.5 Å². The van der Waals surface area contributed by atoms with Crippen LogP contribution >= 0.6 is 11.6 Å². The molecule has 0 radical (unpaired) electrons. The average Bonchev–Trinajstić information content (AvgIpc) is 2.75. The first-order valence-corrected chi connectivity index (χ1v) is 6.92. The van der Waals surface area contributed by atoms with Crippen LogP contribution in [0, 0.1) is 5.82 Å². The fourth-order valence-electron chi connectivity index (χ4n) is 2.85. The lowest BCUT2D eigenvalue weighted by Crippen LogP contribution is -2.41. The molecule has 2 aromatic rings. The first-order chi connectivity index (χ1) is 9.97. The van der Waals surface area contributed by atoms with Gasteiger partial charge >= 0.3 is 11.8 Å². The Morgan fingerprint density at radius 3 is 2.95 bits per heavy atom. The highest BCUT2D eigenvalue weighted by atomic mass is 35.5. The van der Waals surface area contributed by atoms with Crippen LogP contribution in [0.2, 0.25) is 5.02 Å². The molecule has 0 aliphatic carbocycles. The Morgan fingerprint density at radius 1 is 1.48 bits per heavy atom. The van der Waals surface area contributed by atoms with Crippen molar-refractivity contribution in [1.82, 2.24) is 14.5 Å². The minimum absolute atomic E-state index is 0.0943. The number of nitrogens with zero attached hydrogens (tertiary/aromatic N) is 2. The van der Waals surface area contributed by atoms with Crippen molar-refractivity contribution in [2.45, 2.75) is 18.9 Å². The molecule has 6 nitrogen and oxygen atoms in total. The normalized spacial score (nSPS) is 19.1. The molecule has 2 heterocycles. The summed E-state index contributed by atoms with van der Waals surface area (Å²) in [4.78, 5) is 26.9. The highest BCUT2D eigenvalue weighted by Gasteiger charge is 2.27. The number of imidazole rings is 1. The van der Waals surface area contributed by atoms with Gasteiger partial charge in [0.05, 0.1) is 11.6 Å². The van der Waals surface area contributed by atoms with Gasteiger partial charge in [-0.05, 0) is 25.0 Å². The van der Waals surface area contributed by atoms with E-state index < -0.39 is 17.6 Å². The Kier molecular flexibility index (Phi) is 3.36. The second-order valence-corrected chi connectivity index (χ2v) is 5.54. The fraction of sp³-hybridized carbons (Fsp3) is 0.385. The number of fused-ring (bicyclic) bond motifs is 1. The number of likely N-dealkylation sites (tertiary alicyclic amines) is 1. The van der Waals surface area contributed by atoms with Crippen LogP contribution in [-0.2, 0) is 0 Å². The number of halogens is 2. The number of amides is 1. The summed E-state index contributed by atoms with van der Waals surface area (Å²) in [5.41, 5.74) is 0.00231. The number of hydrogen-bond acceptors (Lipinski definition) is 2. The van der Waals surface area contributed by atoms with Gasteiger partial charge in [-0.2, -0.15) is 0 Å². The Bertz CT molecular complexity index is 770. The second kappa shape index (κ2) is 5.07. The summed E-state index contributed by atoms with van der Waals surface area (Å²) in [6, 6.07) is 2.32. The molecule has 2 N–H and O–H groups in total. The molecule has 21 heavy (non-hydrogen) atoms. The molecular formula is C13H13ClFN3O3. The van der Waals surface area contributed by atoms with Gasteiger partial charge in [-0.15, -0.1) is 0 Å². The van der Waals surface area contributed by atoms with Crippen molar-refractivity contribution >= 4 is 28.7 Å². The van der Waals surface area contributed by atoms with Crippen LogP contribution in [0.25, 0.3) is 11.0 Å². The van der Waals surface area contributed by atoms with E-state index in [1.54, 1.807) is 0 Å². The third-order valence-corrected chi connectivity index (χ3v) is 3.99. The van der Waals surface area contributed by atoms with E-state index in [0.29, 0.717) is 24.9 Å². The van der Waals surface area contributed by atoms with Crippen LogP contribution in [0.4, 0.5) is 9.18 Å². The van der Waals surface area contributed by atoms with E-state index >= 15 is 0 Å². The molecule has 1 aliphatic heterocycles. The molecule has 1 aromatic heterocycles. The van der Waals surface area contributed by atoms with E-state index in [-0.39, 0.29) is 23.1 Å². The lowest BCUT2D eigenvalue weighted by atomic mass is 10.1.